The van der Waals surface area contributed by atoms with E-state index in [2.05, 4.69) is 22.2 Å². The number of sulfonamides is 1. The van der Waals surface area contributed by atoms with E-state index < -0.39 is 10.0 Å². The van der Waals surface area contributed by atoms with Crippen LogP contribution in [0.2, 0.25) is 0 Å². The molecule has 1 heterocycles. The van der Waals surface area contributed by atoms with Crippen LogP contribution in [0.4, 0.5) is 17.1 Å². The molecule has 0 saturated carbocycles. The summed E-state index contributed by atoms with van der Waals surface area (Å²) in [6.07, 6.45) is 4.87. The SMILES string of the molecule is COc1cccc(NS(=O)(=O)c2ccc3c(c2)C2C=CCC2C(c2ccccc2[N+](=O)[O-])N3)c1. The third-order valence-corrected chi connectivity index (χ3v) is 7.81. The highest BCUT2D eigenvalue weighted by atomic mass is 32.2. The molecule has 2 N–H and O–H groups in total. The Morgan fingerprint density at radius 2 is 1.88 bits per heavy atom. The number of para-hydroxylation sites is 1. The van der Waals surface area contributed by atoms with Gasteiger partial charge in [-0.1, -0.05) is 36.4 Å². The van der Waals surface area contributed by atoms with Crippen LogP contribution < -0.4 is 14.8 Å². The van der Waals surface area contributed by atoms with Crippen molar-refractivity contribution < 1.29 is 18.1 Å². The van der Waals surface area contributed by atoms with Gasteiger partial charge in [0.05, 0.1) is 34.2 Å². The second kappa shape index (κ2) is 8.49. The summed E-state index contributed by atoms with van der Waals surface area (Å²) >= 11 is 0. The van der Waals surface area contributed by atoms with Gasteiger partial charge in [0.15, 0.2) is 0 Å². The molecule has 0 saturated heterocycles. The maximum atomic E-state index is 13.1. The van der Waals surface area contributed by atoms with E-state index in [-0.39, 0.29) is 33.4 Å². The molecule has 0 aromatic heterocycles. The summed E-state index contributed by atoms with van der Waals surface area (Å²) in [4.78, 5) is 11.4. The summed E-state index contributed by atoms with van der Waals surface area (Å²) in [5.74, 6) is 0.542. The molecule has 2 aliphatic rings. The number of fused-ring (bicyclic) bond motifs is 3. The fraction of sp³-hybridized carbons (Fsp3) is 0.200. The Bertz CT molecular complexity index is 1400. The van der Waals surface area contributed by atoms with Crippen molar-refractivity contribution in [1.29, 1.82) is 0 Å². The lowest BCUT2D eigenvalue weighted by molar-refractivity contribution is -0.385. The Labute approximate surface area is 197 Å². The van der Waals surface area contributed by atoms with Crippen molar-refractivity contribution in [1.82, 2.24) is 0 Å². The van der Waals surface area contributed by atoms with Crippen molar-refractivity contribution in [2.75, 3.05) is 17.1 Å². The Morgan fingerprint density at radius 3 is 2.68 bits per heavy atom. The third-order valence-electron chi connectivity index (χ3n) is 6.44. The van der Waals surface area contributed by atoms with Crippen LogP contribution >= 0.6 is 0 Å². The molecule has 0 amide bonds. The summed E-state index contributed by atoms with van der Waals surface area (Å²) in [6, 6.07) is 18.2. The molecule has 0 fully saturated rings. The molecule has 3 aromatic carbocycles. The van der Waals surface area contributed by atoms with Crippen LogP contribution in [0.5, 0.6) is 5.75 Å². The minimum Gasteiger partial charge on any atom is -0.497 e. The first-order valence-corrected chi connectivity index (χ1v) is 12.3. The number of ether oxygens (including phenoxy) is 1. The van der Waals surface area contributed by atoms with Crippen molar-refractivity contribution in [3.05, 3.63) is 100 Å². The number of nitro benzene ring substituents is 1. The van der Waals surface area contributed by atoms with Crippen molar-refractivity contribution >= 4 is 27.1 Å². The standard InChI is InChI=1S/C25H23N3O5S/c1-33-17-7-4-6-16(14-17)27-34(31,32)18-12-13-23-22(15-18)19-9-5-10-20(19)25(26-23)21-8-2-3-11-24(21)28(29)30/h2-9,11-15,19-20,25-27H,10H2,1H3. The molecule has 3 atom stereocenters. The van der Waals surface area contributed by atoms with Crippen LogP contribution in [0.15, 0.2) is 83.8 Å². The molecule has 3 aromatic rings. The maximum absolute atomic E-state index is 13.1. The summed E-state index contributed by atoms with van der Waals surface area (Å²) in [5, 5.41) is 15.1. The summed E-state index contributed by atoms with van der Waals surface area (Å²) in [5.41, 5.74) is 2.76. The molecular weight excluding hydrogens is 454 g/mol. The molecule has 9 heteroatoms. The number of methoxy groups -OCH3 is 1. The first-order valence-electron chi connectivity index (χ1n) is 10.8. The average molecular weight is 478 g/mol. The average Bonchev–Trinajstić information content (AvgIpc) is 3.33. The van der Waals surface area contributed by atoms with Gasteiger partial charge in [0.25, 0.3) is 15.7 Å². The molecule has 0 radical (unpaired) electrons. The molecule has 34 heavy (non-hydrogen) atoms. The Morgan fingerprint density at radius 1 is 1.06 bits per heavy atom. The van der Waals surface area contributed by atoms with E-state index in [1.165, 1.54) is 13.2 Å². The number of anilines is 2. The Kier molecular flexibility index (Phi) is 5.49. The van der Waals surface area contributed by atoms with E-state index in [0.717, 1.165) is 17.7 Å². The van der Waals surface area contributed by atoms with Crippen LogP contribution in [0.3, 0.4) is 0 Å². The van der Waals surface area contributed by atoms with E-state index in [4.69, 9.17) is 4.74 Å². The monoisotopic (exact) mass is 477 g/mol. The highest BCUT2D eigenvalue weighted by Gasteiger charge is 2.40. The van der Waals surface area contributed by atoms with Gasteiger partial charge in [-0.25, -0.2) is 8.42 Å². The van der Waals surface area contributed by atoms with Crippen LogP contribution in [0.1, 0.15) is 29.5 Å². The molecule has 3 unspecified atom stereocenters. The van der Waals surface area contributed by atoms with Gasteiger partial charge in [-0.3, -0.25) is 14.8 Å². The topological polar surface area (TPSA) is 111 Å². The molecular formula is C25H23N3O5S. The fourth-order valence-electron chi connectivity index (χ4n) is 4.86. The first kappa shape index (κ1) is 22.0. The van der Waals surface area contributed by atoms with Crippen molar-refractivity contribution in [2.45, 2.75) is 23.3 Å². The lowest BCUT2D eigenvalue weighted by Gasteiger charge is -2.37. The second-order valence-electron chi connectivity index (χ2n) is 8.38. The Hall–Kier alpha value is -3.85. The Balaban J connectivity index is 1.50. The highest BCUT2D eigenvalue weighted by Crippen LogP contribution is 2.51. The molecule has 0 spiro atoms. The lowest BCUT2D eigenvalue weighted by atomic mass is 9.76. The van der Waals surface area contributed by atoms with Gasteiger partial charge in [0.1, 0.15) is 5.75 Å². The van der Waals surface area contributed by atoms with E-state index >= 15 is 0 Å². The van der Waals surface area contributed by atoms with Gasteiger partial charge in [-0.15, -0.1) is 0 Å². The van der Waals surface area contributed by atoms with Crippen LogP contribution in [0.25, 0.3) is 0 Å². The number of hydrogen-bond acceptors (Lipinski definition) is 6. The molecule has 174 valence electrons. The van der Waals surface area contributed by atoms with Crippen molar-refractivity contribution in [2.24, 2.45) is 5.92 Å². The molecule has 5 rings (SSSR count). The third kappa shape index (κ3) is 3.88. The zero-order valence-electron chi connectivity index (χ0n) is 18.3. The quantitative estimate of drug-likeness (QED) is 0.286. The number of nitrogens with one attached hydrogen (secondary N) is 2. The van der Waals surface area contributed by atoms with Crippen LogP contribution in [-0.4, -0.2) is 20.5 Å². The van der Waals surface area contributed by atoms with E-state index in [9.17, 15) is 18.5 Å². The van der Waals surface area contributed by atoms with Gasteiger partial charge in [0.2, 0.25) is 0 Å². The highest BCUT2D eigenvalue weighted by molar-refractivity contribution is 7.92. The van der Waals surface area contributed by atoms with E-state index in [1.807, 2.05) is 0 Å². The molecule has 1 aliphatic heterocycles. The molecule has 0 bridgehead atoms. The number of nitro groups is 1. The smallest absolute Gasteiger partial charge is 0.274 e. The predicted octanol–water partition coefficient (Wildman–Crippen LogP) is 5.23. The fourth-order valence-corrected chi connectivity index (χ4v) is 5.95. The minimum atomic E-state index is -3.83. The molecule has 8 nitrogen and oxygen atoms in total. The normalized spacial score (nSPS) is 20.7. The lowest BCUT2D eigenvalue weighted by Crippen LogP contribution is -2.30. The van der Waals surface area contributed by atoms with Gasteiger partial charge >= 0.3 is 0 Å². The maximum Gasteiger partial charge on any atom is 0.274 e. The first-order chi connectivity index (χ1) is 16.4. The zero-order valence-corrected chi connectivity index (χ0v) is 19.2. The van der Waals surface area contributed by atoms with Gasteiger partial charge in [-0.2, -0.15) is 0 Å². The van der Waals surface area contributed by atoms with Gasteiger partial charge < -0.3 is 10.1 Å². The number of nitrogens with zero attached hydrogens (tertiary/aromatic N) is 1. The summed E-state index contributed by atoms with van der Waals surface area (Å²) < 4.78 is 34.0. The van der Waals surface area contributed by atoms with Crippen molar-refractivity contribution in [3.8, 4) is 5.75 Å². The minimum absolute atomic E-state index is 0.0397. The molecule has 1 aliphatic carbocycles. The largest absolute Gasteiger partial charge is 0.497 e. The number of allylic oxidation sites excluding steroid dienone is 2. The van der Waals surface area contributed by atoms with Gasteiger partial charge in [0, 0.05) is 23.7 Å². The number of hydrogen-bond donors (Lipinski definition) is 2. The summed E-state index contributed by atoms with van der Waals surface area (Å²) in [6.45, 7) is 0. The number of rotatable bonds is 6. The summed E-state index contributed by atoms with van der Waals surface area (Å²) in [7, 11) is -2.31. The van der Waals surface area contributed by atoms with Crippen LogP contribution in [0, 0.1) is 16.0 Å². The predicted molar refractivity (Wildman–Crippen MR) is 130 cm³/mol. The zero-order chi connectivity index (χ0) is 23.9. The number of benzene rings is 3. The van der Waals surface area contributed by atoms with Crippen LogP contribution in [-0.2, 0) is 10.0 Å². The second-order valence-corrected chi connectivity index (χ2v) is 10.1. The van der Waals surface area contributed by atoms with Gasteiger partial charge in [-0.05, 0) is 48.2 Å². The van der Waals surface area contributed by atoms with Crippen molar-refractivity contribution in [3.63, 3.8) is 0 Å². The van der Waals surface area contributed by atoms with E-state index in [1.54, 1.807) is 60.7 Å². The van der Waals surface area contributed by atoms with E-state index in [0.29, 0.717) is 17.0 Å².